The molecular formula is C23H25N3O2. The van der Waals surface area contributed by atoms with Gasteiger partial charge in [0.1, 0.15) is 5.60 Å². The van der Waals surface area contributed by atoms with E-state index in [0.717, 1.165) is 22.5 Å². The molecule has 1 amide bonds. The van der Waals surface area contributed by atoms with Crippen molar-refractivity contribution in [2.24, 2.45) is 0 Å². The van der Waals surface area contributed by atoms with Crippen LogP contribution in [0.5, 0.6) is 0 Å². The second-order valence-corrected chi connectivity index (χ2v) is 8.12. The van der Waals surface area contributed by atoms with Crippen molar-refractivity contribution in [1.82, 2.24) is 14.7 Å². The van der Waals surface area contributed by atoms with Crippen LogP contribution in [0, 0.1) is 0 Å². The number of hydrogen-bond acceptors (Lipinski definition) is 3. The lowest BCUT2D eigenvalue weighted by Crippen LogP contribution is -2.33. The van der Waals surface area contributed by atoms with Crippen molar-refractivity contribution in [2.45, 2.75) is 46.0 Å². The van der Waals surface area contributed by atoms with E-state index >= 15 is 0 Å². The first-order valence-corrected chi connectivity index (χ1v) is 9.56. The molecule has 144 valence electrons. The molecule has 2 heterocycles. The predicted molar refractivity (Wildman–Crippen MR) is 109 cm³/mol. The monoisotopic (exact) mass is 375 g/mol. The number of fused-ring (bicyclic) bond motifs is 1. The Morgan fingerprint density at radius 1 is 1.00 bits per heavy atom. The van der Waals surface area contributed by atoms with Crippen molar-refractivity contribution in [3.05, 3.63) is 77.5 Å². The van der Waals surface area contributed by atoms with Crippen molar-refractivity contribution in [3.63, 3.8) is 0 Å². The molecule has 0 radical (unpaired) electrons. The minimum Gasteiger partial charge on any atom is -0.444 e. The maximum Gasteiger partial charge on any atom is 0.410 e. The highest BCUT2D eigenvalue weighted by Crippen LogP contribution is 2.33. The largest absolute Gasteiger partial charge is 0.444 e. The molecule has 0 N–H and O–H groups in total. The Morgan fingerprint density at radius 3 is 2.29 bits per heavy atom. The summed E-state index contributed by atoms with van der Waals surface area (Å²) >= 11 is 0. The molecule has 5 nitrogen and oxygen atoms in total. The van der Waals surface area contributed by atoms with Crippen LogP contribution < -0.4 is 0 Å². The first kappa shape index (κ1) is 18.3. The maximum atomic E-state index is 12.6. The van der Waals surface area contributed by atoms with Crippen LogP contribution in [0.1, 0.15) is 37.6 Å². The second kappa shape index (κ2) is 7.15. The summed E-state index contributed by atoms with van der Waals surface area (Å²) in [5, 5.41) is 4.90. The third-order valence-corrected chi connectivity index (χ3v) is 4.73. The van der Waals surface area contributed by atoms with Gasteiger partial charge in [0, 0.05) is 11.1 Å². The summed E-state index contributed by atoms with van der Waals surface area (Å²) < 4.78 is 7.61. The van der Waals surface area contributed by atoms with Gasteiger partial charge in [-0.05, 0) is 26.3 Å². The number of hydrogen-bond donors (Lipinski definition) is 0. The van der Waals surface area contributed by atoms with Crippen LogP contribution in [-0.2, 0) is 24.4 Å². The number of carbonyl (C=O) groups is 1. The molecule has 1 aliphatic heterocycles. The number of benzene rings is 2. The first-order chi connectivity index (χ1) is 13.4. The zero-order valence-electron chi connectivity index (χ0n) is 16.6. The third-order valence-electron chi connectivity index (χ3n) is 4.73. The summed E-state index contributed by atoms with van der Waals surface area (Å²) in [5.41, 5.74) is 4.86. The fraction of sp³-hybridized carbons (Fsp3) is 0.304. The lowest BCUT2D eigenvalue weighted by atomic mass is 10.1. The van der Waals surface area contributed by atoms with E-state index in [2.05, 4.69) is 24.3 Å². The Kier molecular flexibility index (Phi) is 4.67. The smallest absolute Gasteiger partial charge is 0.410 e. The predicted octanol–water partition coefficient (Wildman–Crippen LogP) is 4.85. The number of rotatable bonds is 3. The molecule has 4 rings (SSSR count). The van der Waals surface area contributed by atoms with Gasteiger partial charge in [-0.3, -0.25) is 9.58 Å². The normalized spacial score (nSPS) is 13.5. The molecule has 1 aliphatic rings. The van der Waals surface area contributed by atoms with Crippen LogP contribution in [-0.4, -0.2) is 26.4 Å². The minimum absolute atomic E-state index is 0.283. The lowest BCUT2D eigenvalue weighted by molar-refractivity contribution is 0.0238. The second-order valence-electron chi connectivity index (χ2n) is 8.12. The quantitative estimate of drug-likeness (QED) is 0.657. The van der Waals surface area contributed by atoms with Gasteiger partial charge in [-0.15, -0.1) is 0 Å². The number of amides is 1. The van der Waals surface area contributed by atoms with E-state index in [0.29, 0.717) is 19.6 Å². The van der Waals surface area contributed by atoms with E-state index in [1.54, 1.807) is 4.90 Å². The van der Waals surface area contributed by atoms with Gasteiger partial charge in [-0.1, -0.05) is 60.7 Å². The zero-order valence-corrected chi connectivity index (χ0v) is 16.6. The van der Waals surface area contributed by atoms with E-state index in [1.807, 2.05) is 61.9 Å². The van der Waals surface area contributed by atoms with Gasteiger partial charge in [0.15, 0.2) is 0 Å². The Morgan fingerprint density at radius 2 is 1.64 bits per heavy atom. The van der Waals surface area contributed by atoms with Crippen molar-refractivity contribution < 1.29 is 9.53 Å². The van der Waals surface area contributed by atoms with E-state index in [1.165, 1.54) is 5.56 Å². The first-order valence-electron chi connectivity index (χ1n) is 9.56. The molecule has 0 bridgehead atoms. The number of carbonyl (C=O) groups excluding carboxylic acids is 1. The van der Waals surface area contributed by atoms with E-state index < -0.39 is 5.60 Å². The maximum absolute atomic E-state index is 12.6. The van der Waals surface area contributed by atoms with Crippen LogP contribution >= 0.6 is 0 Å². The van der Waals surface area contributed by atoms with Crippen molar-refractivity contribution in [1.29, 1.82) is 0 Å². The summed E-state index contributed by atoms with van der Waals surface area (Å²) in [5.74, 6) is 0. The average Bonchev–Trinajstić information content (AvgIpc) is 3.23. The minimum atomic E-state index is -0.510. The third kappa shape index (κ3) is 3.79. The zero-order chi connectivity index (χ0) is 19.7. The van der Waals surface area contributed by atoms with Crippen molar-refractivity contribution >= 4 is 6.09 Å². The fourth-order valence-electron chi connectivity index (χ4n) is 3.48. The van der Waals surface area contributed by atoms with E-state index in [4.69, 9.17) is 9.84 Å². The van der Waals surface area contributed by atoms with Crippen molar-refractivity contribution in [2.75, 3.05) is 0 Å². The van der Waals surface area contributed by atoms with Gasteiger partial charge in [-0.25, -0.2) is 4.79 Å². The Labute approximate surface area is 165 Å². The van der Waals surface area contributed by atoms with Gasteiger partial charge >= 0.3 is 6.09 Å². The number of nitrogens with zero attached hydrogens (tertiary/aromatic N) is 3. The summed E-state index contributed by atoms with van der Waals surface area (Å²) in [6.45, 7) is 7.38. The molecule has 0 atom stereocenters. The topological polar surface area (TPSA) is 47.4 Å². The van der Waals surface area contributed by atoms with Crippen LogP contribution in [0.25, 0.3) is 11.3 Å². The molecule has 0 fully saturated rings. The molecule has 28 heavy (non-hydrogen) atoms. The fourth-order valence-corrected chi connectivity index (χ4v) is 3.48. The van der Waals surface area contributed by atoms with Gasteiger partial charge in [0.25, 0.3) is 0 Å². The number of ether oxygens (including phenoxy) is 1. The van der Waals surface area contributed by atoms with E-state index in [-0.39, 0.29) is 6.09 Å². The van der Waals surface area contributed by atoms with Crippen LogP contribution in [0.2, 0.25) is 0 Å². The summed E-state index contributed by atoms with van der Waals surface area (Å²) in [6.07, 6.45) is -0.283. The molecule has 2 aromatic carbocycles. The highest BCUT2D eigenvalue weighted by Gasteiger charge is 2.33. The molecule has 0 spiro atoms. The van der Waals surface area contributed by atoms with Gasteiger partial charge in [-0.2, -0.15) is 5.10 Å². The van der Waals surface area contributed by atoms with E-state index in [9.17, 15) is 4.79 Å². The Bertz CT molecular complexity index is 972. The standard InChI is InChI=1S/C23H25N3O2/c1-23(2,3)28-22(27)25-15-19-20(16-25)26(14-17-10-6-4-7-11-17)24-21(19)18-12-8-5-9-13-18/h4-13H,14-16H2,1-3H3. The van der Waals surface area contributed by atoms with Crippen LogP contribution in [0.15, 0.2) is 60.7 Å². The lowest BCUT2D eigenvalue weighted by Gasteiger charge is -2.24. The molecule has 0 unspecified atom stereocenters. The molecule has 0 aliphatic carbocycles. The Hall–Kier alpha value is -3.08. The molecule has 5 heteroatoms. The van der Waals surface area contributed by atoms with Gasteiger partial charge in [0.05, 0.1) is 31.0 Å². The SMILES string of the molecule is CC(C)(C)OC(=O)N1Cc2c(-c3ccccc3)nn(Cc3ccccc3)c2C1. The average molecular weight is 375 g/mol. The van der Waals surface area contributed by atoms with Crippen molar-refractivity contribution in [3.8, 4) is 11.3 Å². The molecule has 3 aromatic rings. The van der Waals surface area contributed by atoms with Gasteiger partial charge in [0.2, 0.25) is 0 Å². The molecular weight excluding hydrogens is 350 g/mol. The number of aromatic nitrogens is 2. The molecule has 1 aromatic heterocycles. The van der Waals surface area contributed by atoms with Crippen LogP contribution in [0.3, 0.4) is 0 Å². The van der Waals surface area contributed by atoms with Crippen LogP contribution in [0.4, 0.5) is 4.79 Å². The highest BCUT2D eigenvalue weighted by atomic mass is 16.6. The highest BCUT2D eigenvalue weighted by molar-refractivity contribution is 5.72. The Balaban J connectivity index is 1.68. The summed E-state index contributed by atoms with van der Waals surface area (Å²) in [7, 11) is 0. The summed E-state index contributed by atoms with van der Waals surface area (Å²) in [4.78, 5) is 14.4. The molecule has 0 saturated heterocycles. The van der Waals surface area contributed by atoms with Gasteiger partial charge < -0.3 is 4.74 Å². The summed E-state index contributed by atoms with van der Waals surface area (Å²) in [6, 6.07) is 20.4. The molecule has 0 saturated carbocycles.